The molecule has 1 heterocycles. The van der Waals surface area contributed by atoms with Crippen molar-refractivity contribution in [2.75, 3.05) is 19.6 Å². The molecule has 1 atom stereocenters. The lowest BCUT2D eigenvalue weighted by atomic mass is 9.87. The van der Waals surface area contributed by atoms with Gasteiger partial charge < -0.3 is 10.0 Å². The van der Waals surface area contributed by atoms with Crippen LogP contribution in [-0.2, 0) is 4.79 Å². The molecular formula is C12H23NO2. The average Bonchev–Trinajstić information content (AvgIpc) is 2.56. The molecule has 0 bridgehead atoms. The Morgan fingerprint density at radius 3 is 2.73 bits per heavy atom. The van der Waals surface area contributed by atoms with Gasteiger partial charge in [-0.15, -0.1) is 0 Å². The summed E-state index contributed by atoms with van der Waals surface area (Å²) < 4.78 is 0. The quantitative estimate of drug-likeness (QED) is 0.689. The second kappa shape index (κ2) is 5.50. The molecule has 1 N–H and O–H groups in total. The summed E-state index contributed by atoms with van der Waals surface area (Å²) in [5, 5.41) is 8.51. The van der Waals surface area contributed by atoms with Crippen LogP contribution in [-0.4, -0.2) is 35.6 Å². The van der Waals surface area contributed by atoms with E-state index in [0.717, 1.165) is 19.4 Å². The van der Waals surface area contributed by atoms with Gasteiger partial charge in [0.1, 0.15) is 0 Å². The summed E-state index contributed by atoms with van der Waals surface area (Å²) in [5.74, 6) is -0.671. The van der Waals surface area contributed by atoms with E-state index in [-0.39, 0.29) is 0 Å². The molecule has 1 saturated heterocycles. The van der Waals surface area contributed by atoms with Crippen molar-refractivity contribution < 1.29 is 9.90 Å². The molecule has 3 nitrogen and oxygen atoms in total. The van der Waals surface area contributed by atoms with Crippen LogP contribution < -0.4 is 0 Å². The molecule has 0 aromatic rings. The Balaban J connectivity index is 2.11. The van der Waals surface area contributed by atoms with E-state index in [1.54, 1.807) is 0 Å². The number of carbonyl (C=O) groups is 1. The van der Waals surface area contributed by atoms with Crippen molar-refractivity contribution in [1.29, 1.82) is 0 Å². The van der Waals surface area contributed by atoms with E-state index in [9.17, 15) is 4.79 Å². The highest BCUT2D eigenvalue weighted by molar-refractivity contribution is 5.66. The lowest BCUT2D eigenvalue weighted by Gasteiger charge is -2.22. The number of hydrogen-bond donors (Lipinski definition) is 1. The van der Waals surface area contributed by atoms with Crippen molar-refractivity contribution in [2.24, 2.45) is 5.41 Å². The fourth-order valence-electron chi connectivity index (χ4n) is 2.22. The zero-order valence-corrected chi connectivity index (χ0v) is 9.96. The number of carboxylic acid groups (broad SMARTS) is 1. The highest BCUT2D eigenvalue weighted by Gasteiger charge is 2.31. The summed E-state index contributed by atoms with van der Waals surface area (Å²) in [7, 11) is 0. The maximum atomic E-state index is 10.3. The third kappa shape index (κ3) is 4.20. The van der Waals surface area contributed by atoms with Crippen LogP contribution >= 0.6 is 0 Å². The first-order valence-electron chi connectivity index (χ1n) is 6.00. The second-order valence-electron chi connectivity index (χ2n) is 5.04. The summed E-state index contributed by atoms with van der Waals surface area (Å²) in [6.07, 6.45) is 4.70. The van der Waals surface area contributed by atoms with Gasteiger partial charge in [0, 0.05) is 13.0 Å². The zero-order valence-electron chi connectivity index (χ0n) is 9.96. The van der Waals surface area contributed by atoms with E-state index in [0.29, 0.717) is 11.8 Å². The molecule has 1 rings (SSSR count). The summed E-state index contributed by atoms with van der Waals surface area (Å²) in [4.78, 5) is 12.8. The van der Waals surface area contributed by atoms with Gasteiger partial charge in [-0.05, 0) is 44.2 Å². The van der Waals surface area contributed by atoms with Gasteiger partial charge in [0.05, 0.1) is 0 Å². The van der Waals surface area contributed by atoms with Crippen LogP contribution in [0.25, 0.3) is 0 Å². The van der Waals surface area contributed by atoms with E-state index < -0.39 is 5.97 Å². The van der Waals surface area contributed by atoms with Crippen LogP contribution in [0, 0.1) is 5.41 Å². The van der Waals surface area contributed by atoms with Gasteiger partial charge in [0.15, 0.2) is 0 Å². The van der Waals surface area contributed by atoms with E-state index in [1.165, 1.54) is 25.9 Å². The van der Waals surface area contributed by atoms with E-state index in [4.69, 9.17) is 5.11 Å². The molecule has 1 aliphatic rings. The predicted octanol–water partition coefficient (Wildman–Crippen LogP) is 2.36. The maximum Gasteiger partial charge on any atom is 0.303 e. The van der Waals surface area contributed by atoms with Gasteiger partial charge in [0.25, 0.3) is 0 Å². The van der Waals surface area contributed by atoms with Gasteiger partial charge in [-0.25, -0.2) is 0 Å². The molecule has 0 saturated carbocycles. The molecule has 0 aliphatic carbocycles. The molecule has 15 heavy (non-hydrogen) atoms. The standard InChI is InChI=1S/C12H23NO2/c1-3-12(2)7-9-13(10-12)8-5-4-6-11(14)15/h3-10H2,1-2H3,(H,14,15). The number of likely N-dealkylation sites (tertiary alicyclic amines) is 1. The monoisotopic (exact) mass is 213 g/mol. The van der Waals surface area contributed by atoms with Crippen molar-refractivity contribution in [3.63, 3.8) is 0 Å². The third-order valence-corrected chi connectivity index (χ3v) is 3.61. The van der Waals surface area contributed by atoms with Crippen molar-refractivity contribution >= 4 is 5.97 Å². The second-order valence-corrected chi connectivity index (χ2v) is 5.04. The molecule has 1 aliphatic heterocycles. The lowest BCUT2D eigenvalue weighted by molar-refractivity contribution is -0.137. The molecule has 0 aromatic carbocycles. The van der Waals surface area contributed by atoms with Gasteiger partial charge in [-0.3, -0.25) is 4.79 Å². The van der Waals surface area contributed by atoms with E-state index in [2.05, 4.69) is 18.7 Å². The lowest BCUT2D eigenvalue weighted by Crippen LogP contribution is -2.25. The SMILES string of the molecule is CCC1(C)CCN(CCCCC(=O)O)C1. The summed E-state index contributed by atoms with van der Waals surface area (Å²) in [5.41, 5.74) is 0.507. The van der Waals surface area contributed by atoms with Crippen LogP contribution in [0.1, 0.15) is 46.0 Å². The molecule has 0 aromatic heterocycles. The van der Waals surface area contributed by atoms with Crippen molar-refractivity contribution in [3.05, 3.63) is 0 Å². The minimum Gasteiger partial charge on any atom is -0.481 e. The van der Waals surface area contributed by atoms with Crippen LogP contribution in [0.2, 0.25) is 0 Å². The van der Waals surface area contributed by atoms with E-state index in [1.807, 2.05) is 0 Å². The van der Waals surface area contributed by atoms with Gasteiger partial charge in [-0.2, -0.15) is 0 Å². The Bertz CT molecular complexity index is 218. The molecule has 0 spiro atoms. The van der Waals surface area contributed by atoms with Crippen LogP contribution in [0.15, 0.2) is 0 Å². The van der Waals surface area contributed by atoms with Gasteiger partial charge in [0.2, 0.25) is 0 Å². The largest absolute Gasteiger partial charge is 0.481 e. The highest BCUT2D eigenvalue weighted by Crippen LogP contribution is 2.32. The Labute approximate surface area is 92.5 Å². The third-order valence-electron chi connectivity index (χ3n) is 3.61. The van der Waals surface area contributed by atoms with Crippen molar-refractivity contribution in [3.8, 4) is 0 Å². The number of nitrogens with zero attached hydrogens (tertiary/aromatic N) is 1. The topological polar surface area (TPSA) is 40.5 Å². The average molecular weight is 213 g/mol. The molecule has 3 heteroatoms. The number of rotatable bonds is 6. The van der Waals surface area contributed by atoms with Gasteiger partial charge >= 0.3 is 5.97 Å². The number of carboxylic acids is 1. The number of unbranched alkanes of at least 4 members (excludes halogenated alkanes) is 1. The Morgan fingerprint density at radius 2 is 2.20 bits per heavy atom. The zero-order chi connectivity index (χ0) is 11.3. The minimum atomic E-state index is -0.671. The number of aliphatic carboxylic acids is 1. The molecule has 88 valence electrons. The summed E-state index contributed by atoms with van der Waals surface area (Å²) in [6.45, 7) is 8.06. The Morgan fingerprint density at radius 1 is 1.47 bits per heavy atom. The van der Waals surface area contributed by atoms with Crippen LogP contribution in [0.4, 0.5) is 0 Å². The van der Waals surface area contributed by atoms with Crippen LogP contribution in [0.3, 0.4) is 0 Å². The van der Waals surface area contributed by atoms with Crippen molar-refractivity contribution in [1.82, 2.24) is 4.90 Å². The molecule has 1 fully saturated rings. The molecule has 0 radical (unpaired) electrons. The summed E-state index contributed by atoms with van der Waals surface area (Å²) in [6, 6.07) is 0. The van der Waals surface area contributed by atoms with Crippen molar-refractivity contribution in [2.45, 2.75) is 46.0 Å². The Kier molecular flexibility index (Phi) is 4.58. The predicted molar refractivity (Wildman–Crippen MR) is 60.9 cm³/mol. The maximum absolute atomic E-state index is 10.3. The smallest absolute Gasteiger partial charge is 0.303 e. The highest BCUT2D eigenvalue weighted by atomic mass is 16.4. The normalized spacial score (nSPS) is 27.1. The first-order chi connectivity index (χ1) is 7.06. The number of hydrogen-bond acceptors (Lipinski definition) is 2. The minimum absolute atomic E-state index is 0.318. The van der Waals surface area contributed by atoms with Crippen LogP contribution in [0.5, 0.6) is 0 Å². The van der Waals surface area contributed by atoms with Gasteiger partial charge in [-0.1, -0.05) is 13.8 Å². The first-order valence-corrected chi connectivity index (χ1v) is 6.00. The fourth-order valence-corrected chi connectivity index (χ4v) is 2.22. The first kappa shape index (κ1) is 12.5. The molecular weight excluding hydrogens is 190 g/mol. The summed E-state index contributed by atoms with van der Waals surface area (Å²) >= 11 is 0. The molecule has 1 unspecified atom stereocenters. The fraction of sp³-hybridized carbons (Fsp3) is 0.917. The molecule has 0 amide bonds. The van der Waals surface area contributed by atoms with E-state index >= 15 is 0 Å². The Hall–Kier alpha value is -0.570.